The quantitative estimate of drug-likeness (QED) is 0.508. The van der Waals surface area contributed by atoms with Crippen LogP contribution in [0.15, 0.2) is 52.3 Å². The highest BCUT2D eigenvalue weighted by Gasteiger charge is 2.03. The van der Waals surface area contributed by atoms with E-state index >= 15 is 0 Å². The van der Waals surface area contributed by atoms with Crippen LogP contribution in [0, 0.1) is 28.5 Å². The second kappa shape index (κ2) is 9.34. The fraction of sp³-hybridized carbons (Fsp3) is 0.111. The molecule has 0 spiro atoms. The van der Waals surface area contributed by atoms with E-state index in [1.165, 1.54) is 23.5 Å². The SMILES string of the molecule is N#CCc1ccc(-c2cccc(F)c2)s1.N#CCc1ccc(Br)s1. The Hall–Kier alpha value is -1.99. The minimum atomic E-state index is -0.234. The summed E-state index contributed by atoms with van der Waals surface area (Å²) in [6.07, 6.45) is 0.941. The Kier molecular flexibility index (Phi) is 7.14. The van der Waals surface area contributed by atoms with Gasteiger partial charge < -0.3 is 0 Å². The molecule has 3 aromatic rings. The van der Waals surface area contributed by atoms with Gasteiger partial charge >= 0.3 is 0 Å². The lowest BCUT2D eigenvalue weighted by molar-refractivity contribution is 0.628. The van der Waals surface area contributed by atoms with Crippen molar-refractivity contribution in [2.45, 2.75) is 12.8 Å². The number of thiophene rings is 2. The minimum absolute atomic E-state index is 0.234. The molecule has 0 amide bonds. The zero-order chi connectivity index (χ0) is 17.4. The van der Waals surface area contributed by atoms with Crippen molar-refractivity contribution in [3.8, 4) is 22.6 Å². The summed E-state index contributed by atoms with van der Waals surface area (Å²) in [5, 5.41) is 16.8. The van der Waals surface area contributed by atoms with Gasteiger partial charge in [0.05, 0.1) is 28.8 Å². The van der Waals surface area contributed by atoms with E-state index in [1.54, 1.807) is 17.4 Å². The first-order valence-electron chi connectivity index (χ1n) is 6.95. The molecule has 0 saturated heterocycles. The first kappa shape index (κ1) is 18.4. The standard InChI is InChI=1S/C12H8FNS.C6H4BrNS/c13-10-3-1-2-9(8-10)12-5-4-11(15-12)6-7-14;7-6-2-1-5(9-6)3-4-8/h1-5,8H,6H2;1-2H,3H2. The molecule has 1 aromatic carbocycles. The Morgan fingerprint density at radius 1 is 0.917 bits per heavy atom. The number of nitrogens with zero attached hydrogens (tertiary/aromatic N) is 2. The lowest BCUT2D eigenvalue weighted by Gasteiger charge is -1.96. The van der Waals surface area contributed by atoms with Gasteiger partial charge in [-0.1, -0.05) is 12.1 Å². The summed E-state index contributed by atoms with van der Waals surface area (Å²) in [7, 11) is 0. The van der Waals surface area contributed by atoms with Crippen molar-refractivity contribution >= 4 is 38.6 Å². The fourth-order valence-corrected chi connectivity index (χ4v) is 4.22. The van der Waals surface area contributed by atoms with Gasteiger partial charge in [-0.05, 0) is 57.9 Å². The van der Waals surface area contributed by atoms with Crippen LogP contribution in [0.2, 0.25) is 0 Å². The van der Waals surface area contributed by atoms with Crippen LogP contribution in [0.5, 0.6) is 0 Å². The third-order valence-electron chi connectivity index (χ3n) is 2.91. The molecule has 120 valence electrons. The first-order chi connectivity index (χ1) is 11.6. The van der Waals surface area contributed by atoms with Crippen molar-refractivity contribution in [2.75, 3.05) is 0 Å². The molecule has 0 atom stereocenters. The number of nitriles is 2. The normalized spacial score (nSPS) is 9.50. The molecule has 2 nitrogen and oxygen atoms in total. The molecule has 0 aliphatic rings. The van der Waals surface area contributed by atoms with Crippen molar-refractivity contribution < 1.29 is 4.39 Å². The summed E-state index contributed by atoms with van der Waals surface area (Å²) in [6, 6.07) is 18.4. The van der Waals surface area contributed by atoms with Gasteiger partial charge in [0, 0.05) is 14.6 Å². The van der Waals surface area contributed by atoms with Gasteiger partial charge in [0.1, 0.15) is 5.82 Å². The molecule has 0 fully saturated rings. The van der Waals surface area contributed by atoms with Crippen molar-refractivity contribution in [1.82, 2.24) is 0 Å². The Morgan fingerprint density at radius 3 is 2.17 bits per heavy atom. The monoisotopic (exact) mass is 418 g/mol. The van der Waals surface area contributed by atoms with Gasteiger partial charge in [0.2, 0.25) is 0 Å². The average Bonchev–Trinajstić information content (AvgIpc) is 3.18. The Labute approximate surface area is 156 Å². The van der Waals surface area contributed by atoms with Crippen LogP contribution in [0.4, 0.5) is 4.39 Å². The van der Waals surface area contributed by atoms with Crippen molar-refractivity contribution in [2.24, 2.45) is 0 Å². The topological polar surface area (TPSA) is 47.6 Å². The molecule has 3 rings (SSSR count). The smallest absolute Gasteiger partial charge is 0.123 e. The van der Waals surface area contributed by atoms with Crippen LogP contribution in [0.25, 0.3) is 10.4 Å². The van der Waals surface area contributed by atoms with Crippen LogP contribution in [0.3, 0.4) is 0 Å². The second-order valence-corrected chi connectivity index (χ2v) is 8.37. The number of hydrogen-bond acceptors (Lipinski definition) is 4. The van der Waals surface area contributed by atoms with Gasteiger partial charge in [-0.15, -0.1) is 22.7 Å². The van der Waals surface area contributed by atoms with Crippen molar-refractivity contribution in [3.05, 3.63) is 67.9 Å². The van der Waals surface area contributed by atoms with Gasteiger partial charge in [0.25, 0.3) is 0 Å². The Bertz CT molecular complexity index is 887. The van der Waals surface area contributed by atoms with Crippen LogP contribution in [-0.2, 0) is 12.8 Å². The van der Waals surface area contributed by atoms with Gasteiger partial charge in [-0.2, -0.15) is 10.5 Å². The lowest BCUT2D eigenvalue weighted by atomic mass is 10.2. The van der Waals surface area contributed by atoms with E-state index in [-0.39, 0.29) is 5.82 Å². The maximum absolute atomic E-state index is 13.0. The lowest BCUT2D eigenvalue weighted by Crippen LogP contribution is -1.74. The highest BCUT2D eigenvalue weighted by molar-refractivity contribution is 9.11. The summed E-state index contributed by atoms with van der Waals surface area (Å²) < 4.78 is 14.1. The number of halogens is 2. The zero-order valence-electron chi connectivity index (χ0n) is 12.5. The van der Waals surface area contributed by atoms with Crippen LogP contribution in [0.1, 0.15) is 9.75 Å². The largest absolute Gasteiger partial charge is 0.207 e. The highest BCUT2D eigenvalue weighted by atomic mass is 79.9. The summed E-state index contributed by atoms with van der Waals surface area (Å²) in [4.78, 5) is 3.13. The van der Waals surface area contributed by atoms with E-state index in [9.17, 15) is 4.39 Å². The van der Waals surface area contributed by atoms with E-state index in [4.69, 9.17) is 10.5 Å². The predicted molar refractivity (Wildman–Crippen MR) is 100 cm³/mol. The molecular formula is C18H12BrFN2S2. The third-order valence-corrected chi connectivity index (χ3v) is 5.66. The summed E-state index contributed by atoms with van der Waals surface area (Å²) in [5.41, 5.74) is 0.865. The minimum Gasteiger partial charge on any atom is -0.207 e. The number of hydrogen-bond donors (Lipinski definition) is 0. The summed E-state index contributed by atoms with van der Waals surface area (Å²) >= 11 is 6.45. The van der Waals surface area contributed by atoms with E-state index in [1.807, 2.05) is 30.3 Å². The summed E-state index contributed by atoms with van der Waals surface area (Å²) in [5.74, 6) is -0.234. The Morgan fingerprint density at radius 2 is 1.58 bits per heavy atom. The van der Waals surface area contributed by atoms with Crippen molar-refractivity contribution in [1.29, 1.82) is 10.5 Å². The summed E-state index contributed by atoms with van der Waals surface area (Å²) in [6.45, 7) is 0. The Balaban J connectivity index is 0.000000198. The maximum Gasteiger partial charge on any atom is 0.123 e. The molecule has 24 heavy (non-hydrogen) atoms. The molecule has 0 unspecified atom stereocenters. The molecule has 0 aliphatic heterocycles. The van der Waals surface area contributed by atoms with Gasteiger partial charge in [0.15, 0.2) is 0 Å². The second-order valence-electron chi connectivity index (χ2n) is 4.65. The van der Waals surface area contributed by atoms with Crippen LogP contribution >= 0.6 is 38.6 Å². The van der Waals surface area contributed by atoms with Gasteiger partial charge in [-0.3, -0.25) is 0 Å². The molecule has 6 heteroatoms. The number of benzene rings is 1. The van der Waals surface area contributed by atoms with Crippen LogP contribution in [-0.4, -0.2) is 0 Å². The van der Waals surface area contributed by atoms with Crippen LogP contribution < -0.4 is 0 Å². The number of rotatable bonds is 3. The fourth-order valence-electron chi connectivity index (χ4n) is 1.87. The molecule has 2 heterocycles. The highest BCUT2D eigenvalue weighted by Crippen LogP contribution is 2.28. The van der Waals surface area contributed by atoms with E-state index in [0.29, 0.717) is 12.8 Å². The molecule has 0 radical (unpaired) electrons. The van der Waals surface area contributed by atoms with E-state index < -0.39 is 0 Å². The predicted octanol–water partition coefficient (Wildman–Crippen LogP) is 6.20. The van der Waals surface area contributed by atoms with E-state index in [0.717, 1.165) is 24.0 Å². The van der Waals surface area contributed by atoms with Crippen molar-refractivity contribution in [3.63, 3.8) is 0 Å². The van der Waals surface area contributed by atoms with E-state index in [2.05, 4.69) is 28.1 Å². The molecule has 0 N–H and O–H groups in total. The molecule has 0 bridgehead atoms. The molecular weight excluding hydrogens is 407 g/mol. The van der Waals surface area contributed by atoms with Gasteiger partial charge in [-0.25, -0.2) is 4.39 Å². The zero-order valence-corrected chi connectivity index (χ0v) is 15.7. The first-order valence-corrected chi connectivity index (χ1v) is 9.37. The average molecular weight is 419 g/mol. The third kappa shape index (κ3) is 5.58. The molecule has 0 saturated carbocycles. The molecule has 0 aliphatic carbocycles. The maximum atomic E-state index is 13.0. The molecule has 2 aromatic heterocycles.